The van der Waals surface area contributed by atoms with Crippen molar-refractivity contribution in [3.63, 3.8) is 0 Å². The fourth-order valence-electron chi connectivity index (χ4n) is 3.34. The SMILES string of the molecule is Cc1ccc(S(=O)(=O)N(CC(=O)NCCSCc2ccc(Cl)cc2)c2cc(C)ccc2C)cc1. The summed E-state index contributed by atoms with van der Waals surface area (Å²) in [6.07, 6.45) is 0. The van der Waals surface area contributed by atoms with E-state index in [4.69, 9.17) is 11.6 Å². The van der Waals surface area contributed by atoms with Crippen LogP contribution in [-0.2, 0) is 20.6 Å². The zero-order valence-corrected chi connectivity index (χ0v) is 21.9. The summed E-state index contributed by atoms with van der Waals surface area (Å²) < 4.78 is 28.3. The van der Waals surface area contributed by atoms with Crippen molar-refractivity contribution in [2.75, 3.05) is 23.1 Å². The van der Waals surface area contributed by atoms with Gasteiger partial charge in [0.2, 0.25) is 5.91 Å². The van der Waals surface area contributed by atoms with E-state index in [-0.39, 0.29) is 17.3 Å². The lowest BCUT2D eigenvalue weighted by molar-refractivity contribution is -0.119. The molecule has 0 spiro atoms. The van der Waals surface area contributed by atoms with Crippen LogP contribution in [0.15, 0.2) is 71.6 Å². The summed E-state index contributed by atoms with van der Waals surface area (Å²) in [5.41, 5.74) is 4.33. The van der Waals surface area contributed by atoms with Gasteiger partial charge in [0.1, 0.15) is 6.54 Å². The molecule has 3 aromatic rings. The van der Waals surface area contributed by atoms with Gasteiger partial charge in [-0.25, -0.2) is 8.42 Å². The molecular formula is C26H29ClN2O3S2. The largest absolute Gasteiger partial charge is 0.354 e. The summed E-state index contributed by atoms with van der Waals surface area (Å²) in [4.78, 5) is 12.9. The molecule has 0 heterocycles. The number of rotatable bonds is 10. The van der Waals surface area contributed by atoms with E-state index in [0.29, 0.717) is 23.0 Å². The molecule has 3 rings (SSSR count). The molecule has 3 aromatic carbocycles. The van der Waals surface area contributed by atoms with Gasteiger partial charge in [-0.2, -0.15) is 11.8 Å². The minimum atomic E-state index is -3.92. The Morgan fingerprint density at radius 1 is 0.941 bits per heavy atom. The second-order valence-corrected chi connectivity index (χ2v) is 11.5. The summed E-state index contributed by atoms with van der Waals surface area (Å²) in [6, 6.07) is 19.9. The van der Waals surface area contributed by atoms with Crippen LogP contribution in [0.4, 0.5) is 5.69 Å². The van der Waals surface area contributed by atoms with Crippen LogP contribution in [-0.4, -0.2) is 33.2 Å². The van der Waals surface area contributed by atoms with Crippen molar-refractivity contribution >= 4 is 45.0 Å². The Morgan fingerprint density at radius 3 is 2.26 bits per heavy atom. The number of amides is 1. The van der Waals surface area contributed by atoms with Gasteiger partial charge in [0.15, 0.2) is 0 Å². The Balaban J connectivity index is 1.68. The number of halogens is 1. The van der Waals surface area contributed by atoms with Crippen molar-refractivity contribution < 1.29 is 13.2 Å². The molecule has 0 saturated heterocycles. The quantitative estimate of drug-likeness (QED) is 0.361. The second kappa shape index (κ2) is 11.8. The second-order valence-electron chi connectivity index (χ2n) is 8.14. The van der Waals surface area contributed by atoms with E-state index in [1.54, 1.807) is 42.1 Å². The monoisotopic (exact) mass is 516 g/mol. The highest BCUT2D eigenvalue weighted by Gasteiger charge is 2.28. The Labute approximate surface area is 211 Å². The van der Waals surface area contributed by atoms with E-state index >= 15 is 0 Å². The first kappa shape index (κ1) is 26.1. The molecule has 180 valence electrons. The number of nitrogens with one attached hydrogen (secondary N) is 1. The van der Waals surface area contributed by atoms with Crippen molar-refractivity contribution in [1.82, 2.24) is 5.32 Å². The van der Waals surface area contributed by atoms with Gasteiger partial charge in [-0.05, 0) is 67.8 Å². The number of nitrogens with zero attached hydrogens (tertiary/aromatic N) is 1. The van der Waals surface area contributed by atoms with Crippen molar-refractivity contribution in [3.05, 3.63) is 94.0 Å². The molecule has 0 aromatic heterocycles. The lowest BCUT2D eigenvalue weighted by Crippen LogP contribution is -2.41. The lowest BCUT2D eigenvalue weighted by atomic mass is 10.1. The van der Waals surface area contributed by atoms with Gasteiger partial charge in [-0.15, -0.1) is 0 Å². The van der Waals surface area contributed by atoms with Crippen LogP contribution in [0.5, 0.6) is 0 Å². The van der Waals surface area contributed by atoms with E-state index in [1.165, 1.54) is 4.31 Å². The number of carbonyl (C=O) groups is 1. The van der Waals surface area contributed by atoms with Crippen molar-refractivity contribution in [1.29, 1.82) is 0 Å². The minimum absolute atomic E-state index is 0.158. The third kappa shape index (κ3) is 7.01. The molecule has 1 amide bonds. The predicted octanol–water partition coefficient (Wildman–Crippen LogP) is 5.51. The molecule has 0 unspecified atom stereocenters. The topological polar surface area (TPSA) is 66.5 Å². The highest BCUT2D eigenvalue weighted by atomic mass is 35.5. The van der Waals surface area contributed by atoms with E-state index in [0.717, 1.165) is 28.0 Å². The molecule has 5 nitrogen and oxygen atoms in total. The highest BCUT2D eigenvalue weighted by Crippen LogP contribution is 2.28. The van der Waals surface area contributed by atoms with Gasteiger partial charge in [0, 0.05) is 23.1 Å². The standard InChI is InChI=1S/C26H29ClN2O3S2/c1-19-5-12-24(13-6-19)34(31,32)29(25-16-20(2)4-7-21(25)3)17-26(30)28-14-15-33-18-22-8-10-23(27)11-9-22/h4-13,16H,14-15,17-18H2,1-3H3,(H,28,30). The van der Waals surface area contributed by atoms with E-state index in [9.17, 15) is 13.2 Å². The molecule has 0 saturated carbocycles. The van der Waals surface area contributed by atoms with Gasteiger partial charge < -0.3 is 5.32 Å². The third-order valence-corrected chi connectivity index (χ3v) is 8.34. The van der Waals surface area contributed by atoms with Crippen LogP contribution >= 0.6 is 23.4 Å². The zero-order valence-electron chi connectivity index (χ0n) is 19.5. The van der Waals surface area contributed by atoms with Gasteiger partial charge in [-0.3, -0.25) is 9.10 Å². The molecule has 0 fully saturated rings. The average Bonchev–Trinajstić information content (AvgIpc) is 2.80. The number of sulfonamides is 1. The van der Waals surface area contributed by atoms with Crippen molar-refractivity contribution in [2.45, 2.75) is 31.4 Å². The molecule has 34 heavy (non-hydrogen) atoms. The molecule has 0 radical (unpaired) electrons. The maximum atomic E-state index is 13.5. The smallest absolute Gasteiger partial charge is 0.264 e. The molecule has 0 aliphatic heterocycles. The molecule has 0 atom stereocenters. The number of benzene rings is 3. The first-order valence-corrected chi connectivity index (χ1v) is 13.9. The highest BCUT2D eigenvalue weighted by molar-refractivity contribution is 7.98. The first-order chi connectivity index (χ1) is 16.2. The van der Waals surface area contributed by atoms with Gasteiger partial charge >= 0.3 is 0 Å². The summed E-state index contributed by atoms with van der Waals surface area (Å²) in [5, 5.41) is 3.56. The number of thioether (sulfide) groups is 1. The Morgan fingerprint density at radius 2 is 1.59 bits per heavy atom. The lowest BCUT2D eigenvalue weighted by Gasteiger charge is -2.26. The summed E-state index contributed by atoms with van der Waals surface area (Å²) >= 11 is 7.60. The number of hydrogen-bond donors (Lipinski definition) is 1. The van der Waals surface area contributed by atoms with Crippen LogP contribution in [0, 0.1) is 20.8 Å². The van der Waals surface area contributed by atoms with Gasteiger partial charge in [0.05, 0.1) is 10.6 Å². The number of aryl methyl sites for hydroxylation is 3. The molecule has 0 aliphatic carbocycles. The molecule has 0 bridgehead atoms. The first-order valence-electron chi connectivity index (χ1n) is 10.9. The molecule has 0 aliphatic rings. The van der Waals surface area contributed by atoms with Crippen LogP contribution < -0.4 is 9.62 Å². The van der Waals surface area contributed by atoms with Crippen molar-refractivity contribution in [2.24, 2.45) is 0 Å². The number of hydrogen-bond acceptors (Lipinski definition) is 4. The van der Waals surface area contributed by atoms with Crippen LogP contribution in [0.2, 0.25) is 5.02 Å². The van der Waals surface area contributed by atoms with E-state index < -0.39 is 10.0 Å². The van der Waals surface area contributed by atoms with Crippen LogP contribution in [0.3, 0.4) is 0 Å². The van der Waals surface area contributed by atoms with Gasteiger partial charge in [-0.1, -0.05) is 53.6 Å². The Bertz CT molecular complexity index is 1230. The normalized spacial score (nSPS) is 11.3. The zero-order chi connectivity index (χ0) is 24.7. The fraction of sp³-hybridized carbons (Fsp3) is 0.269. The number of anilines is 1. The Kier molecular flexibility index (Phi) is 9.05. The summed E-state index contributed by atoms with van der Waals surface area (Å²) in [6.45, 7) is 5.80. The summed E-state index contributed by atoms with van der Waals surface area (Å²) in [7, 11) is -3.92. The maximum Gasteiger partial charge on any atom is 0.264 e. The van der Waals surface area contributed by atoms with Crippen LogP contribution in [0.25, 0.3) is 0 Å². The van der Waals surface area contributed by atoms with Crippen molar-refractivity contribution in [3.8, 4) is 0 Å². The van der Waals surface area contributed by atoms with E-state index in [2.05, 4.69) is 5.32 Å². The molecule has 8 heteroatoms. The molecule has 1 N–H and O–H groups in total. The maximum absolute atomic E-state index is 13.5. The van der Waals surface area contributed by atoms with Crippen LogP contribution in [0.1, 0.15) is 22.3 Å². The fourth-order valence-corrected chi connectivity index (χ4v) is 5.77. The van der Waals surface area contributed by atoms with Gasteiger partial charge in [0.25, 0.3) is 10.0 Å². The minimum Gasteiger partial charge on any atom is -0.354 e. The molecular weight excluding hydrogens is 488 g/mol. The van der Waals surface area contributed by atoms with E-state index in [1.807, 2.05) is 57.2 Å². The summed E-state index contributed by atoms with van der Waals surface area (Å²) in [5.74, 6) is 1.18. The Hall–Kier alpha value is -2.48. The number of carbonyl (C=O) groups excluding carboxylic acids is 1. The predicted molar refractivity (Wildman–Crippen MR) is 142 cm³/mol. The third-order valence-electron chi connectivity index (χ3n) is 5.28. The average molecular weight is 517 g/mol.